The molecular formula is C33H41F3O6. The van der Waals surface area contributed by atoms with E-state index in [1.807, 2.05) is 30.3 Å². The third-order valence-electron chi connectivity index (χ3n) is 6.74. The highest BCUT2D eigenvalue weighted by molar-refractivity contribution is 5.88. The number of hydrogen-bond donors (Lipinski definition) is 2. The van der Waals surface area contributed by atoms with Gasteiger partial charge in [0.1, 0.15) is 0 Å². The lowest BCUT2D eigenvalue weighted by Gasteiger charge is -2.14. The summed E-state index contributed by atoms with van der Waals surface area (Å²) in [5.41, 5.74) is 5.38. The van der Waals surface area contributed by atoms with Gasteiger partial charge in [-0.05, 0) is 72.8 Å². The molecule has 2 N–H and O–H groups in total. The first-order valence-electron chi connectivity index (χ1n) is 14.2. The van der Waals surface area contributed by atoms with Crippen LogP contribution >= 0.6 is 0 Å². The van der Waals surface area contributed by atoms with E-state index < -0.39 is 37.7 Å². The summed E-state index contributed by atoms with van der Waals surface area (Å²) >= 11 is 0. The lowest BCUT2D eigenvalue weighted by Crippen LogP contribution is -2.11. The molecule has 0 fully saturated rings. The summed E-state index contributed by atoms with van der Waals surface area (Å²) in [5.74, 6) is -1.21. The summed E-state index contributed by atoms with van der Waals surface area (Å²) < 4.78 is 47.6. The van der Waals surface area contributed by atoms with E-state index >= 15 is 0 Å². The second-order valence-corrected chi connectivity index (χ2v) is 10.2. The van der Waals surface area contributed by atoms with Gasteiger partial charge in [0.25, 0.3) is 0 Å². The Morgan fingerprint density at radius 1 is 0.690 bits per heavy atom. The number of aryl methyl sites for hydroxylation is 3. The van der Waals surface area contributed by atoms with Gasteiger partial charge in [-0.25, -0.2) is 9.59 Å². The van der Waals surface area contributed by atoms with E-state index in [-0.39, 0.29) is 30.8 Å². The van der Waals surface area contributed by atoms with Gasteiger partial charge in [-0.1, -0.05) is 68.5 Å². The molecule has 2 aromatic carbocycles. The first kappa shape index (κ1) is 34.8. The second-order valence-electron chi connectivity index (χ2n) is 10.2. The molecule has 6 nitrogen and oxygen atoms in total. The molecule has 9 heteroatoms. The number of aliphatic hydroxyl groups excluding tert-OH is 2. The van der Waals surface area contributed by atoms with Crippen molar-refractivity contribution in [2.24, 2.45) is 0 Å². The van der Waals surface area contributed by atoms with Crippen molar-refractivity contribution >= 4 is 11.9 Å². The zero-order chi connectivity index (χ0) is 31.0. The van der Waals surface area contributed by atoms with Crippen molar-refractivity contribution in [3.8, 4) is 11.1 Å². The summed E-state index contributed by atoms with van der Waals surface area (Å²) in [6, 6.07) is 14.3. The van der Waals surface area contributed by atoms with Crippen molar-refractivity contribution in [3.05, 3.63) is 83.5 Å². The Hall–Kier alpha value is -3.43. The molecule has 0 unspecified atom stereocenters. The fourth-order valence-corrected chi connectivity index (χ4v) is 4.35. The maximum Gasteiger partial charge on any atom is 0.389 e. The predicted molar refractivity (Wildman–Crippen MR) is 156 cm³/mol. The average Bonchev–Trinajstić information content (AvgIpc) is 2.98. The van der Waals surface area contributed by atoms with Crippen LogP contribution in [0.5, 0.6) is 0 Å². The summed E-state index contributed by atoms with van der Waals surface area (Å²) in [4.78, 5) is 23.3. The number of alkyl halides is 3. The molecule has 0 saturated heterocycles. The molecular weight excluding hydrogens is 549 g/mol. The Morgan fingerprint density at radius 3 is 1.76 bits per heavy atom. The second kappa shape index (κ2) is 18.2. The molecule has 230 valence electrons. The Balaban J connectivity index is 2.02. The lowest BCUT2D eigenvalue weighted by atomic mass is 9.92. The van der Waals surface area contributed by atoms with Crippen LogP contribution in [0.15, 0.2) is 66.8 Å². The molecule has 0 atom stereocenters. The van der Waals surface area contributed by atoms with Crippen LogP contribution < -0.4 is 0 Å². The van der Waals surface area contributed by atoms with Crippen molar-refractivity contribution in [1.82, 2.24) is 0 Å². The van der Waals surface area contributed by atoms with Crippen molar-refractivity contribution in [1.29, 1.82) is 0 Å². The van der Waals surface area contributed by atoms with E-state index in [1.54, 1.807) is 0 Å². The number of aliphatic hydroxyl groups is 2. The zero-order valence-electron chi connectivity index (χ0n) is 24.0. The van der Waals surface area contributed by atoms with Gasteiger partial charge in [0, 0.05) is 6.42 Å². The molecule has 0 spiro atoms. The third kappa shape index (κ3) is 13.0. The van der Waals surface area contributed by atoms with Crippen LogP contribution in [0.25, 0.3) is 11.1 Å². The number of benzene rings is 2. The molecule has 2 rings (SSSR count). The molecule has 0 aliphatic heterocycles. The van der Waals surface area contributed by atoms with Crippen molar-refractivity contribution in [3.63, 3.8) is 0 Å². The van der Waals surface area contributed by atoms with E-state index in [2.05, 4.69) is 25.3 Å². The van der Waals surface area contributed by atoms with Crippen molar-refractivity contribution in [2.45, 2.75) is 70.4 Å². The number of hydrogen-bond acceptors (Lipinski definition) is 6. The van der Waals surface area contributed by atoms with Crippen LogP contribution in [0, 0.1) is 0 Å². The van der Waals surface area contributed by atoms with Gasteiger partial charge in [0.2, 0.25) is 0 Å². The minimum absolute atomic E-state index is 0.00987. The number of unbranched alkanes of at least 4 members (excludes halogenated alkanes) is 3. The Kier molecular flexibility index (Phi) is 15.1. The molecule has 0 aliphatic carbocycles. The smallest absolute Gasteiger partial charge is 0.389 e. The standard InChI is InChI=1S/C33H41F3O6/c1-24(22-37)31(39)41-19-7-9-26-12-15-28(16-13-26)30-17-14-27(10-8-20-42-32(40)25(2)23-38)21-29(30)11-5-3-4-6-18-33(34,35)36/h12-17,21,37-38H,1-11,18-20,22-23H2. The molecule has 2 aromatic rings. The maximum atomic E-state index is 12.5. The average molecular weight is 591 g/mol. The van der Waals surface area contributed by atoms with Crippen molar-refractivity contribution in [2.75, 3.05) is 26.4 Å². The Labute approximate surface area is 245 Å². The number of ether oxygens (including phenoxy) is 2. The monoisotopic (exact) mass is 590 g/mol. The predicted octanol–water partition coefficient (Wildman–Crippen LogP) is 6.46. The summed E-state index contributed by atoms with van der Waals surface area (Å²) in [7, 11) is 0. The van der Waals surface area contributed by atoms with E-state index in [1.165, 1.54) is 0 Å². The fourth-order valence-electron chi connectivity index (χ4n) is 4.35. The molecule has 0 aliphatic rings. The largest absolute Gasteiger partial charge is 0.462 e. The van der Waals surface area contributed by atoms with E-state index in [4.69, 9.17) is 19.7 Å². The molecule has 0 heterocycles. The summed E-state index contributed by atoms with van der Waals surface area (Å²) in [5, 5.41) is 17.9. The maximum absolute atomic E-state index is 12.5. The Morgan fingerprint density at radius 2 is 1.21 bits per heavy atom. The van der Waals surface area contributed by atoms with E-state index in [0.29, 0.717) is 38.5 Å². The first-order valence-corrected chi connectivity index (χ1v) is 14.2. The highest BCUT2D eigenvalue weighted by Crippen LogP contribution is 2.28. The number of rotatable bonds is 19. The minimum Gasteiger partial charge on any atom is -0.462 e. The number of carbonyl (C=O) groups excluding carboxylic acids is 2. The molecule has 0 radical (unpaired) electrons. The van der Waals surface area contributed by atoms with Crippen LogP contribution in [0.1, 0.15) is 61.6 Å². The van der Waals surface area contributed by atoms with Gasteiger partial charge in [0.05, 0.1) is 37.6 Å². The van der Waals surface area contributed by atoms with Gasteiger partial charge in [0.15, 0.2) is 0 Å². The lowest BCUT2D eigenvalue weighted by molar-refractivity contribution is -0.140. The van der Waals surface area contributed by atoms with E-state index in [0.717, 1.165) is 40.7 Å². The van der Waals surface area contributed by atoms with Gasteiger partial charge in [-0.2, -0.15) is 13.2 Å². The normalized spacial score (nSPS) is 11.3. The first-order chi connectivity index (χ1) is 20.0. The quantitative estimate of drug-likeness (QED) is 0.111. The summed E-state index contributed by atoms with van der Waals surface area (Å²) in [6.07, 6.45) is 0.600. The van der Waals surface area contributed by atoms with Crippen molar-refractivity contribution < 1.29 is 42.4 Å². The number of carbonyl (C=O) groups is 2. The van der Waals surface area contributed by atoms with Gasteiger partial charge < -0.3 is 19.7 Å². The molecule has 0 amide bonds. The number of halogens is 3. The number of esters is 2. The Bertz CT molecular complexity index is 1170. The van der Waals surface area contributed by atoms with Gasteiger partial charge in [-0.15, -0.1) is 0 Å². The van der Waals surface area contributed by atoms with Gasteiger partial charge in [-0.3, -0.25) is 0 Å². The minimum atomic E-state index is -4.12. The van der Waals surface area contributed by atoms with Crippen LogP contribution in [-0.2, 0) is 38.3 Å². The molecule has 0 bridgehead atoms. The zero-order valence-corrected chi connectivity index (χ0v) is 24.0. The summed E-state index contributed by atoms with van der Waals surface area (Å²) in [6.45, 7) is 6.44. The third-order valence-corrected chi connectivity index (χ3v) is 6.74. The SMILES string of the molecule is C=C(CO)C(=O)OCCCc1ccc(-c2ccc(CCCOC(=O)C(=C)CO)cc2CCCCCCC(F)(F)F)cc1. The van der Waals surface area contributed by atoms with E-state index in [9.17, 15) is 22.8 Å². The highest BCUT2D eigenvalue weighted by Gasteiger charge is 2.25. The van der Waals surface area contributed by atoms with Crippen LogP contribution in [0.3, 0.4) is 0 Å². The molecule has 0 saturated carbocycles. The van der Waals surface area contributed by atoms with Crippen LogP contribution in [-0.4, -0.2) is 54.8 Å². The highest BCUT2D eigenvalue weighted by atomic mass is 19.4. The van der Waals surface area contributed by atoms with Gasteiger partial charge >= 0.3 is 18.1 Å². The molecule has 0 aromatic heterocycles. The fraction of sp³-hybridized carbons (Fsp3) is 0.455. The molecule has 42 heavy (non-hydrogen) atoms. The van der Waals surface area contributed by atoms with Crippen LogP contribution in [0.2, 0.25) is 0 Å². The topological polar surface area (TPSA) is 93.1 Å². The van der Waals surface area contributed by atoms with Crippen LogP contribution in [0.4, 0.5) is 13.2 Å².